The highest BCUT2D eigenvalue weighted by atomic mass is 19.3. The molecule has 0 heterocycles. The van der Waals surface area contributed by atoms with Crippen molar-refractivity contribution < 1.29 is 23.0 Å². The van der Waals surface area contributed by atoms with Crippen LogP contribution < -0.4 is 15.8 Å². The van der Waals surface area contributed by atoms with Crippen LogP contribution >= 0.6 is 0 Å². The molecule has 0 saturated heterocycles. The van der Waals surface area contributed by atoms with Gasteiger partial charge in [-0.2, -0.15) is 0 Å². The summed E-state index contributed by atoms with van der Waals surface area (Å²) in [5, 5.41) is 2.58. The smallest absolute Gasteiger partial charge is 0.261 e. The van der Waals surface area contributed by atoms with E-state index in [1.54, 1.807) is 18.2 Å². The van der Waals surface area contributed by atoms with Crippen LogP contribution in [-0.2, 0) is 9.53 Å². The van der Waals surface area contributed by atoms with Gasteiger partial charge in [-0.3, -0.25) is 4.79 Å². The summed E-state index contributed by atoms with van der Waals surface area (Å²) < 4.78 is 33.3. The third kappa shape index (κ3) is 5.52. The lowest BCUT2D eigenvalue weighted by atomic mass is 10.2. The second-order valence-corrected chi connectivity index (χ2v) is 3.72. The van der Waals surface area contributed by atoms with Gasteiger partial charge in [-0.1, -0.05) is 0 Å². The zero-order chi connectivity index (χ0) is 14.3. The van der Waals surface area contributed by atoms with Crippen LogP contribution in [0.1, 0.15) is 6.42 Å². The van der Waals surface area contributed by atoms with Crippen LogP contribution in [0.4, 0.5) is 20.2 Å². The summed E-state index contributed by atoms with van der Waals surface area (Å²) in [6.45, 7) is -0.740. The molecule has 0 aliphatic carbocycles. The number of rotatable bonds is 7. The van der Waals surface area contributed by atoms with Crippen molar-refractivity contribution in [2.24, 2.45) is 0 Å². The molecule has 1 rings (SSSR count). The van der Waals surface area contributed by atoms with E-state index >= 15 is 0 Å². The number of nitrogens with two attached hydrogens (primary N) is 1. The van der Waals surface area contributed by atoms with Crippen LogP contribution in [0.25, 0.3) is 0 Å². The fraction of sp³-hybridized carbons (Fsp3) is 0.417. The molecule has 7 heteroatoms. The van der Waals surface area contributed by atoms with Crippen LogP contribution in [-0.4, -0.2) is 32.7 Å². The van der Waals surface area contributed by atoms with Gasteiger partial charge in [0.2, 0.25) is 5.91 Å². The number of nitrogens with one attached hydrogen (secondary N) is 1. The molecule has 1 amide bonds. The fourth-order valence-electron chi connectivity index (χ4n) is 1.37. The monoisotopic (exact) mass is 274 g/mol. The van der Waals surface area contributed by atoms with Crippen LogP contribution in [0.3, 0.4) is 0 Å². The highest BCUT2D eigenvalue weighted by Gasteiger charge is 2.09. The van der Waals surface area contributed by atoms with Gasteiger partial charge in [-0.15, -0.1) is 0 Å². The van der Waals surface area contributed by atoms with Gasteiger partial charge in [0.15, 0.2) is 0 Å². The third-order valence-corrected chi connectivity index (χ3v) is 2.21. The van der Waals surface area contributed by atoms with Gasteiger partial charge in [0, 0.05) is 5.69 Å². The Labute approximate surface area is 109 Å². The van der Waals surface area contributed by atoms with Crippen molar-refractivity contribution in [3.05, 3.63) is 18.2 Å². The molecule has 0 aliphatic heterocycles. The quantitative estimate of drug-likeness (QED) is 0.588. The minimum atomic E-state index is -2.53. The summed E-state index contributed by atoms with van der Waals surface area (Å²) in [7, 11) is 1.47. The maximum atomic E-state index is 11.8. The first kappa shape index (κ1) is 15.2. The van der Waals surface area contributed by atoms with E-state index in [0.29, 0.717) is 17.1 Å². The molecule has 0 unspecified atom stereocenters. The Morgan fingerprint density at radius 3 is 2.84 bits per heavy atom. The number of methoxy groups -OCH3 is 1. The number of amides is 1. The Morgan fingerprint density at radius 2 is 2.21 bits per heavy atom. The molecule has 0 aromatic heterocycles. The number of carbonyl (C=O) groups excluding carboxylic acids is 1. The van der Waals surface area contributed by atoms with Gasteiger partial charge in [-0.05, 0) is 18.2 Å². The number of carbonyl (C=O) groups is 1. The van der Waals surface area contributed by atoms with Gasteiger partial charge in [0.1, 0.15) is 12.4 Å². The second-order valence-electron chi connectivity index (χ2n) is 3.72. The number of alkyl halides is 2. The van der Waals surface area contributed by atoms with Crippen molar-refractivity contribution in [2.75, 3.05) is 31.4 Å². The molecule has 3 N–H and O–H groups in total. The number of hydrogen-bond acceptors (Lipinski definition) is 4. The Bertz CT molecular complexity index is 427. The van der Waals surface area contributed by atoms with Crippen molar-refractivity contribution in [1.29, 1.82) is 0 Å². The molecule has 106 valence electrons. The predicted molar refractivity (Wildman–Crippen MR) is 67.5 cm³/mol. The molecule has 0 bridgehead atoms. The van der Waals surface area contributed by atoms with E-state index in [4.69, 9.17) is 10.5 Å². The largest absolute Gasteiger partial charge is 0.495 e. The number of anilines is 2. The zero-order valence-electron chi connectivity index (χ0n) is 10.5. The number of halogens is 2. The molecule has 0 fully saturated rings. The normalized spacial score (nSPS) is 10.5. The van der Waals surface area contributed by atoms with Crippen molar-refractivity contribution in [3.8, 4) is 5.75 Å². The number of nitrogen functional groups attached to an aromatic ring is 1. The van der Waals surface area contributed by atoms with Crippen LogP contribution in [0.5, 0.6) is 5.75 Å². The zero-order valence-corrected chi connectivity index (χ0v) is 10.5. The maximum Gasteiger partial charge on any atom is 0.261 e. The summed E-state index contributed by atoms with van der Waals surface area (Å²) >= 11 is 0. The van der Waals surface area contributed by atoms with E-state index in [1.807, 2.05) is 0 Å². The molecule has 0 radical (unpaired) electrons. The van der Waals surface area contributed by atoms with Crippen LogP contribution in [0.15, 0.2) is 18.2 Å². The Kier molecular flexibility index (Phi) is 6.01. The Hall–Kier alpha value is -1.89. The predicted octanol–water partition coefficient (Wildman–Crippen LogP) is 1.89. The average Bonchev–Trinajstić information content (AvgIpc) is 2.35. The van der Waals surface area contributed by atoms with Crippen LogP contribution in [0, 0.1) is 0 Å². The summed E-state index contributed by atoms with van der Waals surface area (Å²) in [6.07, 6.45) is -2.55. The van der Waals surface area contributed by atoms with E-state index in [-0.39, 0.29) is 18.9 Å². The van der Waals surface area contributed by atoms with E-state index in [1.165, 1.54) is 7.11 Å². The Balaban J connectivity index is 2.45. The van der Waals surface area contributed by atoms with E-state index < -0.39 is 13.0 Å². The highest BCUT2D eigenvalue weighted by Crippen LogP contribution is 2.26. The van der Waals surface area contributed by atoms with Gasteiger partial charge >= 0.3 is 0 Å². The molecule has 5 nitrogen and oxygen atoms in total. The van der Waals surface area contributed by atoms with E-state index in [9.17, 15) is 13.6 Å². The minimum absolute atomic E-state index is 0.0231. The number of hydrogen-bond donors (Lipinski definition) is 2. The topological polar surface area (TPSA) is 73.6 Å². The number of ether oxygens (including phenoxy) is 2. The molecule has 0 aliphatic rings. The number of benzene rings is 1. The maximum absolute atomic E-state index is 11.8. The standard InChI is InChI=1S/C12H16F2N2O3/c1-18-10-3-2-8(15)6-9(10)16-12(17)4-5-19-7-11(13)14/h2-3,6,11H,4-5,7,15H2,1H3,(H,16,17). The first-order valence-corrected chi connectivity index (χ1v) is 5.62. The SMILES string of the molecule is COc1ccc(N)cc1NC(=O)CCOCC(F)F. The molecular formula is C12H16F2N2O3. The summed E-state index contributed by atoms with van der Waals surface area (Å²) in [5.41, 5.74) is 6.51. The van der Waals surface area contributed by atoms with Crippen molar-refractivity contribution in [1.82, 2.24) is 0 Å². The third-order valence-electron chi connectivity index (χ3n) is 2.21. The molecule has 19 heavy (non-hydrogen) atoms. The van der Waals surface area contributed by atoms with Gasteiger partial charge in [-0.25, -0.2) is 8.78 Å². The molecule has 0 saturated carbocycles. The molecule has 1 aromatic rings. The molecule has 0 atom stereocenters. The lowest BCUT2D eigenvalue weighted by Crippen LogP contribution is -2.16. The van der Waals surface area contributed by atoms with Crippen LogP contribution in [0.2, 0.25) is 0 Å². The average molecular weight is 274 g/mol. The van der Waals surface area contributed by atoms with Gasteiger partial charge < -0.3 is 20.5 Å². The minimum Gasteiger partial charge on any atom is -0.495 e. The molecular weight excluding hydrogens is 258 g/mol. The van der Waals surface area contributed by atoms with Crippen molar-refractivity contribution in [3.63, 3.8) is 0 Å². The summed E-state index contributed by atoms with van der Waals surface area (Å²) in [4.78, 5) is 11.6. The first-order valence-electron chi connectivity index (χ1n) is 5.62. The fourth-order valence-corrected chi connectivity index (χ4v) is 1.37. The highest BCUT2D eigenvalue weighted by molar-refractivity contribution is 5.92. The Morgan fingerprint density at radius 1 is 1.47 bits per heavy atom. The second kappa shape index (κ2) is 7.52. The van der Waals surface area contributed by atoms with Gasteiger partial charge in [0.25, 0.3) is 6.43 Å². The van der Waals surface area contributed by atoms with Crippen molar-refractivity contribution >= 4 is 17.3 Å². The van der Waals surface area contributed by atoms with Gasteiger partial charge in [0.05, 0.1) is 25.8 Å². The molecule has 1 aromatic carbocycles. The van der Waals surface area contributed by atoms with E-state index in [0.717, 1.165) is 0 Å². The van der Waals surface area contributed by atoms with Crippen molar-refractivity contribution in [2.45, 2.75) is 12.8 Å². The van der Waals surface area contributed by atoms with E-state index in [2.05, 4.69) is 10.1 Å². The first-order chi connectivity index (χ1) is 9.02. The molecule has 0 spiro atoms. The summed E-state index contributed by atoms with van der Waals surface area (Å²) in [6, 6.07) is 4.81. The lowest BCUT2D eigenvalue weighted by molar-refractivity contribution is -0.117. The summed E-state index contributed by atoms with van der Waals surface area (Å²) in [5.74, 6) is 0.106. The lowest BCUT2D eigenvalue weighted by Gasteiger charge is -2.11.